The lowest BCUT2D eigenvalue weighted by atomic mass is 9.77. The van der Waals surface area contributed by atoms with Gasteiger partial charge in [-0.05, 0) is 74.8 Å². The van der Waals surface area contributed by atoms with Crippen LogP contribution in [-0.4, -0.2) is 145 Å². The maximum absolute atomic E-state index is 14.3. The zero-order valence-electron chi connectivity index (χ0n) is 35.6. The molecule has 324 valence electrons. The molecule has 16 nitrogen and oxygen atoms in total. The third-order valence-electron chi connectivity index (χ3n) is 12.3. The maximum Gasteiger partial charge on any atom is 0.330 e. The monoisotopic (exact) mass is 802 g/mol. The third-order valence-corrected chi connectivity index (χ3v) is 12.3. The lowest BCUT2D eigenvalue weighted by Gasteiger charge is -2.49. The Balaban J connectivity index is 2.22. The van der Waals surface area contributed by atoms with Gasteiger partial charge in [-0.2, -0.15) is 0 Å². The average molecular weight is 803 g/mol. The number of hydrogen-bond donors (Lipinski definition) is 5. The quantitative estimate of drug-likeness (QED) is 0.158. The molecule has 0 aromatic heterocycles. The number of carbonyl (C=O) groups excluding carboxylic acids is 3. The highest BCUT2D eigenvalue weighted by Crippen LogP contribution is 2.41. The summed E-state index contributed by atoms with van der Waals surface area (Å²) in [7, 11) is 4.72. The molecule has 0 spiro atoms. The Hall–Kier alpha value is -2.25. The highest BCUT2D eigenvalue weighted by Gasteiger charge is 2.54. The lowest BCUT2D eigenvalue weighted by Crippen LogP contribution is -2.61. The molecule has 18 atom stereocenters. The van der Waals surface area contributed by atoms with Gasteiger partial charge in [0.05, 0.1) is 42.0 Å². The van der Waals surface area contributed by atoms with Gasteiger partial charge < -0.3 is 63.8 Å². The number of likely N-dealkylation sites (N-methyl/N-ethyl adjacent to an activating group) is 1. The summed E-state index contributed by atoms with van der Waals surface area (Å²) in [4.78, 5) is 40.4. The van der Waals surface area contributed by atoms with Crippen LogP contribution in [0.4, 0.5) is 0 Å². The fraction of sp³-hybridized carbons (Fsp3) is 0.875. The Morgan fingerprint density at radius 1 is 0.982 bits per heavy atom. The van der Waals surface area contributed by atoms with E-state index in [4.69, 9.17) is 37.9 Å². The molecule has 56 heavy (non-hydrogen) atoms. The minimum absolute atomic E-state index is 0.0698. The highest BCUT2D eigenvalue weighted by atomic mass is 16.7. The summed E-state index contributed by atoms with van der Waals surface area (Å²) in [6, 6.07) is -1.30. The molecule has 3 fully saturated rings. The molecule has 0 aliphatic carbocycles. The molecule has 0 bridgehead atoms. The number of ether oxygens (including phenoxy) is 8. The number of cyclic esters (lactones) is 1. The largest absolute Gasteiger partial charge is 0.459 e. The Bertz CT molecular complexity index is 1340. The van der Waals surface area contributed by atoms with E-state index in [1.807, 2.05) is 13.8 Å². The number of esters is 2. The topological polar surface area (TPSA) is 210 Å². The minimum Gasteiger partial charge on any atom is -0.459 e. The highest BCUT2D eigenvalue weighted by molar-refractivity contribution is 5.81. The van der Waals surface area contributed by atoms with E-state index < -0.39 is 114 Å². The predicted molar refractivity (Wildman–Crippen MR) is 204 cm³/mol. The molecule has 0 aromatic rings. The molecule has 16 heteroatoms. The minimum atomic E-state index is -1.97. The van der Waals surface area contributed by atoms with Crippen molar-refractivity contribution in [3.8, 4) is 0 Å². The number of rotatable bonds is 10. The van der Waals surface area contributed by atoms with Gasteiger partial charge in [-0.3, -0.25) is 9.59 Å². The predicted octanol–water partition coefficient (Wildman–Crippen LogP) is 2.13. The van der Waals surface area contributed by atoms with Gasteiger partial charge in [-0.15, -0.1) is 0 Å². The van der Waals surface area contributed by atoms with E-state index in [-0.39, 0.29) is 31.4 Å². The van der Waals surface area contributed by atoms with Gasteiger partial charge in [0, 0.05) is 44.6 Å². The first-order valence-electron chi connectivity index (χ1n) is 19.9. The van der Waals surface area contributed by atoms with Crippen LogP contribution in [0.15, 0.2) is 12.7 Å². The van der Waals surface area contributed by atoms with Crippen molar-refractivity contribution in [2.24, 2.45) is 17.8 Å². The second kappa shape index (κ2) is 19.7. The number of amides is 1. The van der Waals surface area contributed by atoms with E-state index in [0.717, 1.165) is 6.08 Å². The Labute approximate surface area is 332 Å². The van der Waals surface area contributed by atoms with Crippen LogP contribution in [0.5, 0.6) is 0 Å². The van der Waals surface area contributed by atoms with Crippen LogP contribution >= 0.6 is 0 Å². The van der Waals surface area contributed by atoms with E-state index in [9.17, 15) is 29.7 Å². The molecule has 3 aliphatic rings. The first-order valence-corrected chi connectivity index (χ1v) is 19.9. The number of nitrogens with one attached hydrogen (secondary N) is 2. The van der Waals surface area contributed by atoms with Crippen molar-refractivity contribution in [3.05, 3.63) is 12.7 Å². The molecule has 0 aromatic carbocycles. The maximum atomic E-state index is 14.3. The van der Waals surface area contributed by atoms with Crippen LogP contribution < -0.4 is 10.6 Å². The average Bonchev–Trinajstić information content (AvgIpc) is 3.15. The number of methoxy groups -OCH3 is 2. The molecule has 3 heterocycles. The summed E-state index contributed by atoms with van der Waals surface area (Å²) in [5.74, 6) is -4.38. The fourth-order valence-electron chi connectivity index (χ4n) is 8.60. The normalized spacial score (nSPS) is 46.1. The van der Waals surface area contributed by atoms with Crippen LogP contribution in [0.2, 0.25) is 0 Å². The van der Waals surface area contributed by atoms with Gasteiger partial charge in [0.1, 0.15) is 29.5 Å². The van der Waals surface area contributed by atoms with E-state index in [0.29, 0.717) is 6.42 Å². The summed E-state index contributed by atoms with van der Waals surface area (Å²) >= 11 is 0. The van der Waals surface area contributed by atoms with E-state index >= 15 is 0 Å². The lowest BCUT2D eigenvalue weighted by molar-refractivity contribution is -0.317. The number of carbonyl (C=O) groups is 3. The Kier molecular flexibility index (Phi) is 16.9. The van der Waals surface area contributed by atoms with Crippen molar-refractivity contribution < 1.29 is 67.6 Å². The summed E-state index contributed by atoms with van der Waals surface area (Å²) < 4.78 is 49.9. The zero-order chi connectivity index (χ0) is 42.5. The molecule has 0 radical (unpaired) electrons. The van der Waals surface area contributed by atoms with E-state index in [2.05, 4.69) is 17.2 Å². The van der Waals surface area contributed by atoms with Crippen LogP contribution in [0.25, 0.3) is 0 Å². The molecule has 3 saturated heterocycles. The summed E-state index contributed by atoms with van der Waals surface area (Å²) in [5.41, 5.74) is -4.35. The van der Waals surface area contributed by atoms with E-state index in [1.165, 1.54) is 21.1 Å². The van der Waals surface area contributed by atoms with Crippen molar-refractivity contribution in [3.63, 3.8) is 0 Å². The molecule has 1 amide bonds. The van der Waals surface area contributed by atoms with Crippen LogP contribution in [-0.2, 0) is 52.3 Å². The Morgan fingerprint density at radius 3 is 2.14 bits per heavy atom. The summed E-state index contributed by atoms with van der Waals surface area (Å²) in [5, 5.41) is 40.4. The van der Waals surface area contributed by atoms with Gasteiger partial charge >= 0.3 is 11.9 Å². The van der Waals surface area contributed by atoms with Gasteiger partial charge in [0.25, 0.3) is 0 Å². The van der Waals surface area contributed by atoms with Crippen LogP contribution in [0.1, 0.15) is 94.9 Å². The van der Waals surface area contributed by atoms with Crippen molar-refractivity contribution in [1.82, 2.24) is 10.6 Å². The first kappa shape index (κ1) is 48.1. The fourth-order valence-corrected chi connectivity index (χ4v) is 8.60. The van der Waals surface area contributed by atoms with Gasteiger partial charge in [-0.1, -0.05) is 27.4 Å². The van der Waals surface area contributed by atoms with E-state index in [1.54, 1.807) is 55.5 Å². The second-order valence-electron chi connectivity index (χ2n) is 16.7. The standard InChI is InChI=1S/C40H70N2O14/c1-15-27-40(11,48)32(45)24(7)42-35(46)20(3)18-38(9,49-13)33(56-37-30(44)26(41-12)17-21(4)51-37)22(5)31(23(6)36(47)53-27)55-29-19-39(10,50-14)34(25(8)52-29)54-28(43)16-2/h16,20-27,29-34,37,41,44-45,48H,2,15,17-19H2,1,3-14H3,(H,42,46)/t20-,21-,22+,23-,24-,25+,26+,27-,29+,30-,31+,32-,33-,34?,37+,38-,39-,40-/m1/s1. The summed E-state index contributed by atoms with van der Waals surface area (Å²) in [6.07, 6.45) is -8.06. The van der Waals surface area contributed by atoms with Crippen molar-refractivity contribution in [2.45, 2.75) is 185 Å². The van der Waals surface area contributed by atoms with Crippen LogP contribution in [0, 0.1) is 17.8 Å². The second-order valence-corrected chi connectivity index (χ2v) is 16.7. The van der Waals surface area contributed by atoms with Crippen LogP contribution in [0.3, 0.4) is 0 Å². The first-order chi connectivity index (χ1) is 26.0. The van der Waals surface area contributed by atoms with Crippen molar-refractivity contribution >= 4 is 17.8 Å². The number of aliphatic hydroxyl groups excluding tert-OH is 2. The SMILES string of the molecule is C=CC(=O)OC1[C@H](C)O[C@@H](O[C@H]2[C@H](C)[C@@H](O[C@@H]3O[C@H](C)C[C@H](NC)[C@H]3O)[C@](C)(OC)C[C@@H](C)C(=O)N[C@H](C)[C@@H](O)[C@](C)(O)[C@@H](CC)OC(=O)[C@@H]2C)C[C@@]1(C)OC. The molecule has 0 saturated carbocycles. The number of aliphatic hydroxyl groups is 3. The molecular weight excluding hydrogens is 732 g/mol. The van der Waals surface area contributed by atoms with Gasteiger partial charge in [0.2, 0.25) is 5.91 Å². The number of hydrogen-bond acceptors (Lipinski definition) is 15. The molecule has 3 rings (SSSR count). The molecule has 5 N–H and O–H groups in total. The zero-order valence-corrected chi connectivity index (χ0v) is 35.6. The Morgan fingerprint density at radius 2 is 1.59 bits per heavy atom. The third kappa shape index (κ3) is 10.7. The van der Waals surface area contributed by atoms with Gasteiger partial charge in [0.15, 0.2) is 18.7 Å². The van der Waals surface area contributed by atoms with Crippen molar-refractivity contribution in [2.75, 3.05) is 21.3 Å². The smallest absolute Gasteiger partial charge is 0.330 e. The molecule has 1 unspecified atom stereocenters. The van der Waals surface area contributed by atoms with Crippen molar-refractivity contribution in [1.29, 1.82) is 0 Å². The molecular formula is C40H70N2O14. The van der Waals surface area contributed by atoms with Gasteiger partial charge in [-0.25, -0.2) is 4.79 Å². The summed E-state index contributed by atoms with van der Waals surface area (Å²) in [6.45, 7) is 20.4. The molecule has 3 aliphatic heterocycles.